The second-order valence-electron chi connectivity index (χ2n) is 4.79. The predicted molar refractivity (Wildman–Crippen MR) is 70.7 cm³/mol. The van der Waals surface area contributed by atoms with Crippen LogP contribution in [0.2, 0.25) is 0 Å². The maximum absolute atomic E-state index is 11.9. The van der Waals surface area contributed by atoms with Gasteiger partial charge in [0, 0.05) is 12.6 Å². The Balaban J connectivity index is 2.48. The smallest absolute Gasteiger partial charge is 0.227 e. The van der Waals surface area contributed by atoms with Crippen LogP contribution in [0.3, 0.4) is 0 Å². The molecule has 1 aromatic rings. The second kappa shape index (κ2) is 6.40. The number of hydrogen-bond donors (Lipinski definition) is 2. The summed E-state index contributed by atoms with van der Waals surface area (Å²) in [5.74, 6) is 0.283. The first-order valence-electron chi connectivity index (χ1n) is 6.10. The maximum Gasteiger partial charge on any atom is 0.227 e. The standard InChI is InChI=1S/C14H22N2O/c1-10(2)13(15)9-16-14(17)11(3)12-7-5-4-6-8-12/h4-8,10-11,13H,9,15H2,1-3H3,(H,16,17). The van der Waals surface area contributed by atoms with E-state index in [1.807, 2.05) is 37.3 Å². The van der Waals surface area contributed by atoms with Gasteiger partial charge in [0.05, 0.1) is 5.92 Å². The molecule has 2 atom stereocenters. The summed E-state index contributed by atoms with van der Waals surface area (Å²) in [6.07, 6.45) is 0. The zero-order chi connectivity index (χ0) is 12.8. The Bertz CT molecular complexity index is 348. The zero-order valence-electron chi connectivity index (χ0n) is 10.8. The Morgan fingerprint density at radius 2 is 1.82 bits per heavy atom. The van der Waals surface area contributed by atoms with Crippen LogP contribution in [0, 0.1) is 5.92 Å². The van der Waals surface area contributed by atoms with Crippen LogP contribution in [-0.4, -0.2) is 18.5 Å². The Morgan fingerprint density at radius 3 is 2.35 bits per heavy atom. The second-order valence-corrected chi connectivity index (χ2v) is 4.79. The first-order chi connectivity index (χ1) is 8.02. The third-order valence-corrected chi connectivity index (χ3v) is 3.06. The molecule has 1 rings (SSSR count). The Labute approximate surface area is 103 Å². The van der Waals surface area contributed by atoms with Crippen molar-refractivity contribution in [3.8, 4) is 0 Å². The topological polar surface area (TPSA) is 55.1 Å². The van der Waals surface area contributed by atoms with Crippen molar-refractivity contribution in [2.24, 2.45) is 11.7 Å². The molecule has 0 saturated heterocycles. The molecule has 0 heterocycles. The molecule has 0 aliphatic heterocycles. The average molecular weight is 234 g/mol. The lowest BCUT2D eigenvalue weighted by Crippen LogP contribution is -2.41. The van der Waals surface area contributed by atoms with Crippen LogP contribution in [0.5, 0.6) is 0 Å². The number of amides is 1. The van der Waals surface area contributed by atoms with Gasteiger partial charge in [-0.25, -0.2) is 0 Å². The van der Waals surface area contributed by atoms with Crippen molar-refractivity contribution in [1.29, 1.82) is 0 Å². The van der Waals surface area contributed by atoms with E-state index in [0.29, 0.717) is 12.5 Å². The summed E-state index contributed by atoms with van der Waals surface area (Å²) < 4.78 is 0. The first kappa shape index (κ1) is 13.7. The van der Waals surface area contributed by atoms with Crippen LogP contribution >= 0.6 is 0 Å². The van der Waals surface area contributed by atoms with Crippen molar-refractivity contribution < 1.29 is 4.79 Å². The van der Waals surface area contributed by atoms with Gasteiger partial charge in [-0.2, -0.15) is 0 Å². The minimum absolute atomic E-state index is 0.0157. The number of benzene rings is 1. The lowest BCUT2D eigenvalue weighted by molar-refractivity contribution is -0.122. The number of nitrogens with one attached hydrogen (secondary N) is 1. The SMILES string of the molecule is CC(C(=O)NCC(N)C(C)C)c1ccccc1. The number of carbonyl (C=O) groups is 1. The molecule has 1 amide bonds. The van der Waals surface area contributed by atoms with Crippen molar-refractivity contribution in [1.82, 2.24) is 5.32 Å². The Hall–Kier alpha value is -1.35. The van der Waals surface area contributed by atoms with Crippen LogP contribution in [0.1, 0.15) is 32.3 Å². The highest BCUT2D eigenvalue weighted by Crippen LogP contribution is 2.14. The van der Waals surface area contributed by atoms with Crippen molar-refractivity contribution in [3.63, 3.8) is 0 Å². The summed E-state index contributed by atoms with van der Waals surface area (Å²) in [5.41, 5.74) is 6.92. The van der Waals surface area contributed by atoms with Crippen molar-refractivity contribution in [2.45, 2.75) is 32.7 Å². The third-order valence-electron chi connectivity index (χ3n) is 3.06. The van der Waals surface area contributed by atoms with Crippen LogP contribution in [0.4, 0.5) is 0 Å². The van der Waals surface area contributed by atoms with Crippen LogP contribution < -0.4 is 11.1 Å². The Kier molecular flexibility index (Phi) is 5.16. The summed E-state index contributed by atoms with van der Waals surface area (Å²) in [7, 11) is 0. The van der Waals surface area contributed by atoms with E-state index in [-0.39, 0.29) is 17.9 Å². The molecule has 0 bridgehead atoms. The van der Waals surface area contributed by atoms with E-state index in [1.165, 1.54) is 0 Å². The van der Waals surface area contributed by atoms with Gasteiger partial charge in [0.1, 0.15) is 0 Å². The minimum atomic E-state index is -0.129. The highest BCUT2D eigenvalue weighted by molar-refractivity contribution is 5.83. The zero-order valence-corrected chi connectivity index (χ0v) is 10.8. The van der Waals surface area contributed by atoms with E-state index < -0.39 is 0 Å². The fourth-order valence-electron chi connectivity index (χ4n) is 1.50. The molecule has 3 nitrogen and oxygen atoms in total. The first-order valence-corrected chi connectivity index (χ1v) is 6.10. The molecule has 0 aliphatic carbocycles. The maximum atomic E-state index is 11.9. The lowest BCUT2D eigenvalue weighted by atomic mass is 10.00. The monoisotopic (exact) mass is 234 g/mol. The largest absolute Gasteiger partial charge is 0.354 e. The van der Waals surface area contributed by atoms with Crippen molar-refractivity contribution >= 4 is 5.91 Å². The van der Waals surface area contributed by atoms with Gasteiger partial charge in [-0.15, -0.1) is 0 Å². The minimum Gasteiger partial charge on any atom is -0.354 e. The van der Waals surface area contributed by atoms with E-state index in [0.717, 1.165) is 5.56 Å². The molecule has 94 valence electrons. The number of nitrogens with two attached hydrogens (primary N) is 1. The van der Waals surface area contributed by atoms with Gasteiger partial charge >= 0.3 is 0 Å². The molecule has 2 unspecified atom stereocenters. The molecule has 3 N–H and O–H groups in total. The van der Waals surface area contributed by atoms with E-state index >= 15 is 0 Å². The molecular formula is C14H22N2O. The third kappa shape index (κ3) is 4.19. The fraction of sp³-hybridized carbons (Fsp3) is 0.500. The van der Waals surface area contributed by atoms with Gasteiger partial charge in [-0.1, -0.05) is 44.2 Å². The van der Waals surface area contributed by atoms with E-state index in [9.17, 15) is 4.79 Å². The summed E-state index contributed by atoms with van der Waals surface area (Å²) in [6, 6.07) is 9.78. The summed E-state index contributed by atoms with van der Waals surface area (Å²) in [5, 5.41) is 2.90. The van der Waals surface area contributed by atoms with Gasteiger partial charge < -0.3 is 11.1 Å². The molecule has 0 spiro atoms. The molecule has 0 fully saturated rings. The van der Waals surface area contributed by atoms with Gasteiger partial charge in [-0.05, 0) is 18.4 Å². The number of hydrogen-bond acceptors (Lipinski definition) is 2. The van der Waals surface area contributed by atoms with Crippen LogP contribution in [0.15, 0.2) is 30.3 Å². The van der Waals surface area contributed by atoms with E-state index in [4.69, 9.17) is 5.73 Å². The van der Waals surface area contributed by atoms with E-state index in [1.54, 1.807) is 0 Å². The highest BCUT2D eigenvalue weighted by atomic mass is 16.1. The lowest BCUT2D eigenvalue weighted by Gasteiger charge is -2.18. The number of rotatable bonds is 5. The molecule has 0 aromatic heterocycles. The van der Waals surface area contributed by atoms with E-state index in [2.05, 4.69) is 19.2 Å². The molecular weight excluding hydrogens is 212 g/mol. The average Bonchev–Trinajstić information content (AvgIpc) is 2.35. The molecule has 0 saturated carbocycles. The summed E-state index contributed by atoms with van der Waals surface area (Å²) >= 11 is 0. The predicted octanol–water partition coefficient (Wildman–Crippen LogP) is 1.89. The van der Waals surface area contributed by atoms with Gasteiger partial charge in [-0.3, -0.25) is 4.79 Å². The Morgan fingerprint density at radius 1 is 1.24 bits per heavy atom. The normalized spacial score (nSPS) is 14.4. The quantitative estimate of drug-likeness (QED) is 0.817. The van der Waals surface area contributed by atoms with Crippen molar-refractivity contribution in [2.75, 3.05) is 6.54 Å². The van der Waals surface area contributed by atoms with Gasteiger partial charge in [0.25, 0.3) is 0 Å². The molecule has 1 aromatic carbocycles. The fourth-order valence-corrected chi connectivity index (χ4v) is 1.50. The summed E-state index contributed by atoms with van der Waals surface area (Å²) in [6.45, 7) is 6.55. The molecule has 0 radical (unpaired) electrons. The summed E-state index contributed by atoms with van der Waals surface area (Å²) in [4.78, 5) is 11.9. The highest BCUT2D eigenvalue weighted by Gasteiger charge is 2.16. The van der Waals surface area contributed by atoms with Gasteiger partial charge in [0.2, 0.25) is 5.91 Å². The molecule has 17 heavy (non-hydrogen) atoms. The number of carbonyl (C=O) groups excluding carboxylic acids is 1. The van der Waals surface area contributed by atoms with Crippen LogP contribution in [0.25, 0.3) is 0 Å². The molecule has 0 aliphatic rings. The van der Waals surface area contributed by atoms with Crippen molar-refractivity contribution in [3.05, 3.63) is 35.9 Å². The van der Waals surface area contributed by atoms with Crippen LogP contribution in [-0.2, 0) is 4.79 Å². The molecule has 3 heteroatoms. The van der Waals surface area contributed by atoms with Gasteiger partial charge in [0.15, 0.2) is 0 Å².